The van der Waals surface area contributed by atoms with Gasteiger partial charge in [-0.05, 0) is 61.7 Å². The molecule has 0 bridgehead atoms. The van der Waals surface area contributed by atoms with Crippen molar-refractivity contribution in [3.05, 3.63) is 80.7 Å². The van der Waals surface area contributed by atoms with Gasteiger partial charge in [0.25, 0.3) is 0 Å². The number of hydrogen-bond acceptors (Lipinski definition) is 4. The molecule has 1 aliphatic rings. The average Bonchev–Trinajstić information content (AvgIpc) is 3.21. The summed E-state index contributed by atoms with van der Waals surface area (Å²) in [6.45, 7) is 5.60. The predicted octanol–water partition coefficient (Wildman–Crippen LogP) is 4.68. The van der Waals surface area contributed by atoms with Gasteiger partial charge in [-0.2, -0.15) is 0 Å². The Kier molecular flexibility index (Phi) is 5.81. The molecule has 4 rings (SSSR count). The van der Waals surface area contributed by atoms with Crippen LogP contribution in [0.15, 0.2) is 57.7 Å². The van der Waals surface area contributed by atoms with Gasteiger partial charge in [-0.15, -0.1) is 0 Å². The van der Waals surface area contributed by atoms with Gasteiger partial charge in [0.1, 0.15) is 5.58 Å². The van der Waals surface area contributed by atoms with Gasteiger partial charge in [0.2, 0.25) is 0 Å². The molecular formula is C23H25ClN2O2. The summed E-state index contributed by atoms with van der Waals surface area (Å²) >= 11 is 6.30. The Morgan fingerprint density at radius 2 is 1.89 bits per heavy atom. The lowest BCUT2D eigenvalue weighted by Crippen LogP contribution is -2.34. The van der Waals surface area contributed by atoms with E-state index in [2.05, 4.69) is 40.5 Å². The number of hydrogen-bond donors (Lipinski definition) is 1. The van der Waals surface area contributed by atoms with E-state index < -0.39 is 0 Å². The normalized spacial score (nSPS) is 15.9. The van der Waals surface area contributed by atoms with E-state index in [9.17, 15) is 4.79 Å². The number of nitrogens with zero attached hydrogens (tertiary/aromatic N) is 1. The zero-order valence-electron chi connectivity index (χ0n) is 16.1. The number of benzene rings is 2. The van der Waals surface area contributed by atoms with Crippen molar-refractivity contribution in [1.82, 2.24) is 10.2 Å². The minimum absolute atomic E-state index is 0.329. The quantitative estimate of drug-likeness (QED) is 0.614. The van der Waals surface area contributed by atoms with Gasteiger partial charge in [0.05, 0.1) is 0 Å². The molecule has 0 spiro atoms. The molecule has 0 amide bonds. The zero-order valence-corrected chi connectivity index (χ0v) is 16.8. The van der Waals surface area contributed by atoms with Crippen molar-refractivity contribution in [3.63, 3.8) is 0 Å². The van der Waals surface area contributed by atoms with E-state index in [-0.39, 0.29) is 5.63 Å². The van der Waals surface area contributed by atoms with Crippen LogP contribution in [-0.2, 0) is 6.54 Å². The fourth-order valence-corrected chi connectivity index (χ4v) is 4.19. The Morgan fingerprint density at radius 3 is 2.64 bits per heavy atom. The van der Waals surface area contributed by atoms with E-state index >= 15 is 0 Å². The van der Waals surface area contributed by atoms with Gasteiger partial charge >= 0.3 is 5.63 Å². The maximum atomic E-state index is 12.0. The van der Waals surface area contributed by atoms with E-state index in [1.165, 1.54) is 18.4 Å². The molecule has 1 N–H and O–H groups in total. The molecule has 2 aromatic carbocycles. The van der Waals surface area contributed by atoms with Gasteiger partial charge < -0.3 is 9.73 Å². The first-order valence-electron chi connectivity index (χ1n) is 9.84. The topological polar surface area (TPSA) is 45.5 Å². The van der Waals surface area contributed by atoms with Crippen LogP contribution in [0.2, 0.25) is 5.02 Å². The fraction of sp³-hybridized carbons (Fsp3) is 0.348. The Bertz CT molecular complexity index is 1010. The molecule has 1 saturated heterocycles. The van der Waals surface area contributed by atoms with Gasteiger partial charge in [0, 0.05) is 35.6 Å². The smallest absolute Gasteiger partial charge is 0.336 e. The third-order valence-electron chi connectivity index (χ3n) is 5.53. The maximum Gasteiger partial charge on any atom is 0.336 e. The number of halogens is 1. The van der Waals surface area contributed by atoms with Crippen molar-refractivity contribution in [1.29, 1.82) is 0 Å². The molecule has 1 aliphatic heterocycles. The van der Waals surface area contributed by atoms with Crippen LogP contribution in [0.5, 0.6) is 0 Å². The molecule has 1 fully saturated rings. The third kappa shape index (κ3) is 4.14. The first kappa shape index (κ1) is 19.2. The second-order valence-corrected chi connectivity index (χ2v) is 7.90. The van der Waals surface area contributed by atoms with Crippen molar-refractivity contribution in [3.8, 4) is 0 Å². The highest BCUT2D eigenvalue weighted by molar-refractivity contribution is 6.32. The standard InChI is InChI=1S/C23H25ClN2O2/c1-16-11-22-19(13-20(16)24)18(12-23(27)28-22)14-25-15-21(26-9-5-6-10-26)17-7-3-2-4-8-17/h2-4,7-8,11-13,21,25H,5-6,9-10,14-15H2,1H3/t21-/m0/s1. The van der Waals surface area contributed by atoms with E-state index in [4.69, 9.17) is 16.0 Å². The highest BCUT2D eigenvalue weighted by Gasteiger charge is 2.23. The summed E-state index contributed by atoms with van der Waals surface area (Å²) in [5.74, 6) is 0. The van der Waals surface area contributed by atoms with Crippen LogP contribution in [0.3, 0.4) is 0 Å². The summed E-state index contributed by atoms with van der Waals surface area (Å²) in [5.41, 5.74) is 3.41. The lowest BCUT2D eigenvalue weighted by atomic mass is 10.0. The Balaban J connectivity index is 1.55. The van der Waals surface area contributed by atoms with Gasteiger partial charge in [-0.3, -0.25) is 4.90 Å². The fourth-order valence-electron chi connectivity index (χ4n) is 4.02. The van der Waals surface area contributed by atoms with Crippen LogP contribution < -0.4 is 10.9 Å². The van der Waals surface area contributed by atoms with Crippen LogP contribution in [0, 0.1) is 6.92 Å². The number of nitrogens with one attached hydrogen (secondary N) is 1. The molecule has 146 valence electrons. The second-order valence-electron chi connectivity index (χ2n) is 7.49. The summed E-state index contributed by atoms with van der Waals surface area (Å²) in [7, 11) is 0. The molecular weight excluding hydrogens is 372 g/mol. The molecule has 0 aliphatic carbocycles. The van der Waals surface area contributed by atoms with Crippen molar-refractivity contribution in [2.75, 3.05) is 19.6 Å². The number of likely N-dealkylation sites (tertiary alicyclic amines) is 1. The predicted molar refractivity (Wildman–Crippen MR) is 114 cm³/mol. The SMILES string of the molecule is Cc1cc2oc(=O)cc(CNC[C@@H](c3ccccc3)N3CCCC3)c2cc1Cl. The number of rotatable bonds is 6. The van der Waals surface area contributed by atoms with Crippen LogP contribution in [0.25, 0.3) is 11.0 Å². The molecule has 0 radical (unpaired) electrons. The number of aryl methyl sites for hydroxylation is 1. The van der Waals surface area contributed by atoms with Gasteiger partial charge in [-0.25, -0.2) is 4.79 Å². The summed E-state index contributed by atoms with van der Waals surface area (Å²) < 4.78 is 5.37. The van der Waals surface area contributed by atoms with Crippen molar-refractivity contribution in [2.24, 2.45) is 0 Å². The van der Waals surface area contributed by atoms with Crippen LogP contribution in [-0.4, -0.2) is 24.5 Å². The summed E-state index contributed by atoms with van der Waals surface area (Å²) in [4.78, 5) is 14.5. The first-order valence-corrected chi connectivity index (χ1v) is 10.2. The Morgan fingerprint density at radius 1 is 1.14 bits per heavy atom. The second kappa shape index (κ2) is 8.48. The zero-order chi connectivity index (χ0) is 19.5. The Hall–Kier alpha value is -2.14. The van der Waals surface area contributed by atoms with E-state index in [1.54, 1.807) is 6.07 Å². The van der Waals surface area contributed by atoms with Crippen LogP contribution in [0.1, 0.15) is 35.6 Å². The molecule has 28 heavy (non-hydrogen) atoms. The molecule has 0 saturated carbocycles. The molecule has 5 heteroatoms. The van der Waals surface area contributed by atoms with E-state index in [0.717, 1.165) is 36.1 Å². The van der Waals surface area contributed by atoms with Crippen molar-refractivity contribution < 1.29 is 4.42 Å². The first-order chi connectivity index (χ1) is 13.6. The highest BCUT2D eigenvalue weighted by Crippen LogP contribution is 2.26. The van der Waals surface area contributed by atoms with Gasteiger partial charge in [0.15, 0.2) is 0 Å². The van der Waals surface area contributed by atoms with E-state index in [1.807, 2.05) is 19.1 Å². The average molecular weight is 397 g/mol. The largest absolute Gasteiger partial charge is 0.423 e. The summed E-state index contributed by atoms with van der Waals surface area (Å²) in [6.07, 6.45) is 2.51. The molecule has 2 heterocycles. The minimum Gasteiger partial charge on any atom is -0.423 e. The van der Waals surface area contributed by atoms with Crippen molar-refractivity contribution in [2.45, 2.75) is 32.4 Å². The lowest BCUT2D eigenvalue weighted by Gasteiger charge is -2.28. The lowest BCUT2D eigenvalue weighted by molar-refractivity contribution is 0.238. The Labute approximate surface area is 170 Å². The van der Waals surface area contributed by atoms with Crippen LogP contribution >= 0.6 is 11.6 Å². The monoisotopic (exact) mass is 396 g/mol. The molecule has 1 aromatic heterocycles. The number of fused-ring (bicyclic) bond motifs is 1. The summed E-state index contributed by atoms with van der Waals surface area (Å²) in [6, 6.07) is 16.3. The van der Waals surface area contributed by atoms with Gasteiger partial charge in [-0.1, -0.05) is 41.9 Å². The third-order valence-corrected chi connectivity index (χ3v) is 5.94. The molecule has 3 aromatic rings. The summed E-state index contributed by atoms with van der Waals surface area (Å²) in [5, 5.41) is 5.14. The van der Waals surface area contributed by atoms with E-state index in [0.29, 0.717) is 23.2 Å². The maximum absolute atomic E-state index is 12.0. The molecule has 0 unspecified atom stereocenters. The van der Waals surface area contributed by atoms with Crippen LogP contribution in [0.4, 0.5) is 0 Å². The van der Waals surface area contributed by atoms with Crippen molar-refractivity contribution >= 4 is 22.6 Å². The minimum atomic E-state index is -0.329. The molecule has 4 nitrogen and oxygen atoms in total. The highest BCUT2D eigenvalue weighted by atomic mass is 35.5. The molecule has 1 atom stereocenters.